The Balaban J connectivity index is 1.85. The van der Waals surface area contributed by atoms with Crippen molar-refractivity contribution in [3.63, 3.8) is 0 Å². The van der Waals surface area contributed by atoms with Crippen LogP contribution in [0.5, 0.6) is 0 Å². The summed E-state index contributed by atoms with van der Waals surface area (Å²) in [5, 5.41) is 3.09. The van der Waals surface area contributed by atoms with E-state index in [9.17, 15) is 9.59 Å². The average Bonchev–Trinajstić information content (AvgIpc) is 2.50. The van der Waals surface area contributed by atoms with Crippen molar-refractivity contribution >= 4 is 17.5 Å². The van der Waals surface area contributed by atoms with Crippen molar-refractivity contribution < 1.29 is 9.59 Å². The molecule has 0 bridgehead atoms. The third kappa shape index (κ3) is 4.47. The van der Waals surface area contributed by atoms with Gasteiger partial charge in [0.1, 0.15) is 0 Å². The maximum absolute atomic E-state index is 12.3. The fraction of sp³-hybridized carbons (Fsp3) is 0.556. The smallest absolute Gasteiger partial charge is 0.239 e. The number of benzene rings is 1. The van der Waals surface area contributed by atoms with Crippen LogP contribution in [0, 0.1) is 13.8 Å². The van der Waals surface area contributed by atoms with E-state index in [4.69, 9.17) is 0 Å². The lowest BCUT2D eigenvalue weighted by molar-refractivity contribution is -0.130. The molecule has 0 atom stereocenters. The lowest BCUT2D eigenvalue weighted by Gasteiger charge is -2.32. The highest BCUT2D eigenvalue weighted by Gasteiger charge is 2.22. The monoisotopic (exact) mass is 317 g/mol. The van der Waals surface area contributed by atoms with E-state index in [0.717, 1.165) is 31.6 Å². The van der Waals surface area contributed by atoms with Crippen LogP contribution < -0.4 is 10.2 Å². The van der Waals surface area contributed by atoms with Crippen molar-refractivity contribution in [2.45, 2.75) is 39.7 Å². The van der Waals surface area contributed by atoms with Crippen LogP contribution in [0.25, 0.3) is 0 Å². The molecule has 0 aliphatic carbocycles. The highest BCUT2D eigenvalue weighted by atomic mass is 16.2. The summed E-state index contributed by atoms with van der Waals surface area (Å²) in [5.41, 5.74) is 3.52. The zero-order valence-electron chi connectivity index (χ0n) is 14.6. The molecule has 5 nitrogen and oxygen atoms in total. The summed E-state index contributed by atoms with van der Waals surface area (Å²) in [6, 6.07) is 6.31. The second-order valence-corrected chi connectivity index (χ2v) is 6.42. The molecule has 1 heterocycles. The molecule has 0 spiro atoms. The van der Waals surface area contributed by atoms with Gasteiger partial charge in [0.15, 0.2) is 0 Å². The standard InChI is InChI=1S/C18H27N3O2/c1-13-6-5-7-17(14(13)2)20(4)12-18(23)19-16-8-10-21(11-9-16)15(3)22/h5-7,16H,8-12H2,1-4H3,(H,19,23). The summed E-state index contributed by atoms with van der Waals surface area (Å²) in [5.74, 6) is 0.152. The molecule has 1 saturated heterocycles. The maximum atomic E-state index is 12.3. The number of anilines is 1. The summed E-state index contributed by atoms with van der Waals surface area (Å²) < 4.78 is 0. The topological polar surface area (TPSA) is 52.7 Å². The van der Waals surface area contributed by atoms with Crippen LogP contribution in [0.4, 0.5) is 5.69 Å². The molecule has 1 aromatic rings. The van der Waals surface area contributed by atoms with E-state index >= 15 is 0 Å². The molecule has 5 heteroatoms. The Morgan fingerprint density at radius 2 is 1.91 bits per heavy atom. The number of nitrogens with zero attached hydrogens (tertiary/aromatic N) is 2. The van der Waals surface area contributed by atoms with Gasteiger partial charge in [0.25, 0.3) is 0 Å². The molecule has 126 valence electrons. The Hall–Kier alpha value is -2.04. The first kappa shape index (κ1) is 17.3. The first-order valence-electron chi connectivity index (χ1n) is 8.20. The van der Waals surface area contributed by atoms with E-state index in [1.54, 1.807) is 6.92 Å². The van der Waals surface area contributed by atoms with Crippen LogP contribution in [0.1, 0.15) is 30.9 Å². The van der Waals surface area contributed by atoms with Gasteiger partial charge in [0.2, 0.25) is 11.8 Å². The third-order valence-electron chi connectivity index (χ3n) is 4.67. The Morgan fingerprint density at radius 1 is 1.26 bits per heavy atom. The lowest BCUT2D eigenvalue weighted by Crippen LogP contribution is -2.48. The van der Waals surface area contributed by atoms with Gasteiger partial charge in [-0.25, -0.2) is 0 Å². The van der Waals surface area contributed by atoms with Gasteiger partial charge in [-0.15, -0.1) is 0 Å². The minimum absolute atomic E-state index is 0.0367. The Kier molecular flexibility index (Phi) is 5.64. The largest absolute Gasteiger partial charge is 0.365 e. The maximum Gasteiger partial charge on any atom is 0.239 e. The Labute approximate surface area is 138 Å². The molecule has 0 radical (unpaired) electrons. The SMILES string of the molecule is CC(=O)N1CCC(NC(=O)CN(C)c2cccc(C)c2C)CC1. The molecule has 1 aromatic carbocycles. The van der Waals surface area contributed by atoms with Crippen molar-refractivity contribution in [2.24, 2.45) is 0 Å². The van der Waals surface area contributed by atoms with Gasteiger partial charge in [-0.1, -0.05) is 12.1 Å². The van der Waals surface area contributed by atoms with Gasteiger partial charge in [-0.2, -0.15) is 0 Å². The number of amides is 2. The number of likely N-dealkylation sites (N-methyl/N-ethyl adjacent to an activating group) is 1. The zero-order chi connectivity index (χ0) is 17.0. The molecule has 2 amide bonds. The molecule has 0 aromatic heterocycles. The van der Waals surface area contributed by atoms with E-state index in [1.807, 2.05) is 29.0 Å². The normalized spacial score (nSPS) is 15.4. The number of carbonyl (C=O) groups is 2. The first-order chi connectivity index (χ1) is 10.9. The zero-order valence-corrected chi connectivity index (χ0v) is 14.6. The summed E-state index contributed by atoms with van der Waals surface area (Å²) >= 11 is 0. The second kappa shape index (κ2) is 7.49. The molecule has 0 saturated carbocycles. The summed E-state index contributed by atoms with van der Waals surface area (Å²) in [6.07, 6.45) is 1.66. The van der Waals surface area contributed by atoms with Crippen molar-refractivity contribution in [1.29, 1.82) is 0 Å². The molecule has 1 aliphatic heterocycles. The van der Waals surface area contributed by atoms with Crippen LogP contribution >= 0.6 is 0 Å². The fourth-order valence-electron chi connectivity index (χ4n) is 3.06. The van der Waals surface area contributed by atoms with Crippen LogP contribution in [-0.4, -0.2) is 49.4 Å². The highest BCUT2D eigenvalue weighted by Crippen LogP contribution is 2.21. The van der Waals surface area contributed by atoms with E-state index < -0.39 is 0 Å². The minimum Gasteiger partial charge on any atom is -0.365 e. The number of likely N-dealkylation sites (tertiary alicyclic amines) is 1. The Bertz CT molecular complexity index is 578. The van der Waals surface area contributed by atoms with Gasteiger partial charge in [-0.3, -0.25) is 9.59 Å². The van der Waals surface area contributed by atoms with Crippen LogP contribution in [0.3, 0.4) is 0 Å². The number of nitrogens with one attached hydrogen (secondary N) is 1. The molecule has 1 fully saturated rings. The Morgan fingerprint density at radius 3 is 2.52 bits per heavy atom. The molecule has 23 heavy (non-hydrogen) atoms. The molecule has 2 rings (SSSR count). The lowest BCUT2D eigenvalue weighted by atomic mass is 10.0. The van der Waals surface area contributed by atoms with Crippen molar-refractivity contribution in [3.05, 3.63) is 29.3 Å². The summed E-state index contributed by atoms with van der Waals surface area (Å²) in [7, 11) is 1.94. The van der Waals surface area contributed by atoms with Crippen LogP contribution in [-0.2, 0) is 9.59 Å². The van der Waals surface area contributed by atoms with Crippen LogP contribution in [0.15, 0.2) is 18.2 Å². The second-order valence-electron chi connectivity index (χ2n) is 6.42. The van der Waals surface area contributed by atoms with Crippen molar-refractivity contribution in [1.82, 2.24) is 10.2 Å². The number of aryl methyl sites for hydroxylation is 1. The highest BCUT2D eigenvalue weighted by molar-refractivity contribution is 5.82. The summed E-state index contributed by atoms with van der Waals surface area (Å²) in [6.45, 7) is 7.56. The van der Waals surface area contributed by atoms with Gasteiger partial charge < -0.3 is 15.1 Å². The van der Waals surface area contributed by atoms with Crippen LogP contribution in [0.2, 0.25) is 0 Å². The molecule has 1 aliphatic rings. The third-order valence-corrected chi connectivity index (χ3v) is 4.67. The molecule has 1 N–H and O–H groups in total. The van der Waals surface area contributed by atoms with E-state index in [2.05, 4.69) is 25.2 Å². The number of hydrogen-bond donors (Lipinski definition) is 1. The van der Waals surface area contributed by atoms with Gasteiger partial charge in [0, 0.05) is 38.8 Å². The number of hydrogen-bond acceptors (Lipinski definition) is 3. The predicted molar refractivity (Wildman–Crippen MR) is 92.6 cm³/mol. The van der Waals surface area contributed by atoms with Gasteiger partial charge >= 0.3 is 0 Å². The van der Waals surface area contributed by atoms with Gasteiger partial charge in [0.05, 0.1) is 6.54 Å². The van der Waals surface area contributed by atoms with Crippen molar-refractivity contribution in [2.75, 3.05) is 31.6 Å². The number of piperidine rings is 1. The van der Waals surface area contributed by atoms with Gasteiger partial charge in [-0.05, 0) is 43.9 Å². The van der Waals surface area contributed by atoms with Crippen molar-refractivity contribution in [3.8, 4) is 0 Å². The predicted octanol–water partition coefficient (Wildman–Crippen LogP) is 1.87. The minimum atomic E-state index is 0.0367. The first-order valence-corrected chi connectivity index (χ1v) is 8.20. The quantitative estimate of drug-likeness (QED) is 0.922. The molecular formula is C18H27N3O2. The van der Waals surface area contributed by atoms with E-state index in [-0.39, 0.29) is 17.9 Å². The van der Waals surface area contributed by atoms with E-state index in [1.165, 1.54) is 11.1 Å². The molecular weight excluding hydrogens is 290 g/mol. The summed E-state index contributed by atoms with van der Waals surface area (Å²) in [4.78, 5) is 27.4. The number of rotatable bonds is 4. The fourth-order valence-corrected chi connectivity index (χ4v) is 3.06. The average molecular weight is 317 g/mol. The van der Waals surface area contributed by atoms with E-state index in [0.29, 0.717) is 6.54 Å². The number of carbonyl (C=O) groups excluding carboxylic acids is 2. The molecule has 0 unspecified atom stereocenters.